The largest absolute Gasteiger partial charge is 0.277 e. The molecule has 1 aliphatic rings. The molecule has 1 aliphatic carbocycles. The number of benzene rings is 2. The number of aryl methyl sites for hydroxylation is 1. The van der Waals surface area contributed by atoms with Crippen LogP contribution in [0.3, 0.4) is 0 Å². The van der Waals surface area contributed by atoms with Crippen LogP contribution in [-0.2, 0) is 6.54 Å². The minimum Gasteiger partial charge on any atom is -0.267 e. The number of hydrogen-bond acceptors (Lipinski definition) is 4. The summed E-state index contributed by atoms with van der Waals surface area (Å²) in [5, 5.41) is 17.9. The van der Waals surface area contributed by atoms with Crippen molar-refractivity contribution in [1.82, 2.24) is 15.0 Å². The van der Waals surface area contributed by atoms with Crippen molar-refractivity contribution in [3.8, 4) is 17.2 Å². The van der Waals surface area contributed by atoms with Crippen molar-refractivity contribution in [3.63, 3.8) is 0 Å². The van der Waals surface area contributed by atoms with Crippen LogP contribution < -0.4 is 5.56 Å². The van der Waals surface area contributed by atoms with E-state index in [-0.39, 0.29) is 5.56 Å². The van der Waals surface area contributed by atoms with Crippen LogP contribution in [0.25, 0.3) is 22.0 Å². The molecule has 2 aromatic carbocycles. The van der Waals surface area contributed by atoms with Gasteiger partial charge in [0, 0.05) is 0 Å². The molecule has 0 N–H and O–H groups in total. The first kappa shape index (κ1) is 14.6. The average Bonchev–Trinajstić information content (AvgIpc) is 3.38. The molecule has 0 radical (unpaired) electrons. The highest BCUT2D eigenvalue weighted by Gasteiger charge is 2.44. The molecule has 0 bridgehead atoms. The fourth-order valence-corrected chi connectivity index (χ4v) is 2.85. The highest BCUT2D eigenvalue weighted by Crippen LogP contribution is 2.45. The van der Waals surface area contributed by atoms with Gasteiger partial charge in [0.15, 0.2) is 0 Å². The summed E-state index contributed by atoms with van der Waals surface area (Å²) in [5.41, 5.74) is 3.19. The Bertz CT molecular complexity index is 1020. The third-order valence-corrected chi connectivity index (χ3v) is 4.65. The van der Waals surface area contributed by atoms with Gasteiger partial charge in [0.1, 0.15) is 5.52 Å². The Balaban J connectivity index is 1.80. The van der Waals surface area contributed by atoms with Crippen LogP contribution in [0.15, 0.2) is 47.3 Å². The quantitative estimate of drug-likeness (QED) is 0.744. The molecule has 24 heavy (non-hydrogen) atoms. The van der Waals surface area contributed by atoms with Crippen molar-refractivity contribution in [3.05, 3.63) is 58.4 Å². The van der Waals surface area contributed by atoms with E-state index in [4.69, 9.17) is 0 Å². The van der Waals surface area contributed by atoms with Gasteiger partial charge in [-0.2, -0.15) is 5.26 Å². The number of nitriles is 1. The molecule has 1 fully saturated rings. The van der Waals surface area contributed by atoms with Crippen LogP contribution in [0.4, 0.5) is 0 Å². The summed E-state index contributed by atoms with van der Waals surface area (Å²) in [6, 6.07) is 16.1. The molecule has 0 unspecified atom stereocenters. The molecule has 0 spiro atoms. The monoisotopic (exact) mass is 316 g/mol. The zero-order valence-corrected chi connectivity index (χ0v) is 13.4. The Morgan fingerprint density at radius 1 is 1.17 bits per heavy atom. The van der Waals surface area contributed by atoms with E-state index in [0.717, 1.165) is 24.0 Å². The summed E-state index contributed by atoms with van der Waals surface area (Å²) in [7, 11) is 0. The summed E-state index contributed by atoms with van der Waals surface area (Å²) in [6.07, 6.45) is 1.64. The average molecular weight is 316 g/mol. The van der Waals surface area contributed by atoms with E-state index in [2.05, 4.69) is 16.4 Å². The van der Waals surface area contributed by atoms with Gasteiger partial charge >= 0.3 is 0 Å². The lowest BCUT2D eigenvalue weighted by Crippen LogP contribution is -2.27. The third-order valence-electron chi connectivity index (χ3n) is 4.65. The Labute approximate surface area is 139 Å². The molecule has 5 heteroatoms. The zero-order chi connectivity index (χ0) is 16.7. The van der Waals surface area contributed by atoms with Gasteiger partial charge in [-0.1, -0.05) is 41.1 Å². The number of aromatic nitrogens is 3. The summed E-state index contributed by atoms with van der Waals surface area (Å²) < 4.78 is 1.33. The van der Waals surface area contributed by atoms with Gasteiger partial charge in [-0.3, -0.25) is 4.79 Å². The van der Waals surface area contributed by atoms with E-state index in [1.54, 1.807) is 0 Å². The molecule has 0 saturated heterocycles. The van der Waals surface area contributed by atoms with Gasteiger partial charge in [0.25, 0.3) is 5.56 Å². The topological polar surface area (TPSA) is 71.6 Å². The molecular formula is C19H16N4O. The van der Waals surface area contributed by atoms with Crippen molar-refractivity contribution in [2.75, 3.05) is 0 Å². The molecular weight excluding hydrogens is 300 g/mol. The minimum absolute atomic E-state index is 0.185. The fourth-order valence-electron chi connectivity index (χ4n) is 2.85. The van der Waals surface area contributed by atoms with Crippen molar-refractivity contribution < 1.29 is 0 Å². The van der Waals surface area contributed by atoms with Crippen LogP contribution in [0, 0.1) is 23.7 Å². The fraction of sp³-hybridized carbons (Fsp3) is 0.263. The summed E-state index contributed by atoms with van der Waals surface area (Å²) >= 11 is 0. The van der Waals surface area contributed by atoms with E-state index >= 15 is 0 Å². The van der Waals surface area contributed by atoms with Crippen LogP contribution in [-0.4, -0.2) is 15.0 Å². The highest BCUT2D eigenvalue weighted by molar-refractivity contribution is 5.83. The van der Waals surface area contributed by atoms with Crippen molar-refractivity contribution >= 4 is 10.9 Å². The number of rotatable bonds is 3. The molecule has 118 valence electrons. The lowest BCUT2D eigenvalue weighted by atomic mass is 10.0. The molecule has 1 heterocycles. The molecule has 1 saturated carbocycles. The van der Waals surface area contributed by atoms with Gasteiger partial charge in [-0.25, -0.2) is 4.68 Å². The Morgan fingerprint density at radius 3 is 2.54 bits per heavy atom. The highest BCUT2D eigenvalue weighted by atomic mass is 16.1. The second-order valence-corrected chi connectivity index (χ2v) is 6.54. The first-order chi connectivity index (χ1) is 11.6. The maximum atomic E-state index is 12.7. The summed E-state index contributed by atoms with van der Waals surface area (Å²) in [4.78, 5) is 12.7. The van der Waals surface area contributed by atoms with Crippen molar-refractivity contribution in [1.29, 1.82) is 5.26 Å². The Kier molecular flexibility index (Phi) is 3.20. The lowest BCUT2D eigenvalue weighted by Gasteiger charge is -2.09. The van der Waals surface area contributed by atoms with Crippen LogP contribution in [0.5, 0.6) is 0 Å². The number of hydrogen-bond donors (Lipinski definition) is 0. The van der Waals surface area contributed by atoms with Gasteiger partial charge in [-0.05, 0) is 43.0 Å². The zero-order valence-electron chi connectivity index (χ0n) is 13.4. The molecule has 1 aromatic heterocycles. The van der Waals surface area contributed by atoms with Crippen LogP contribution >= 0.6 is 0 Å². The van der Waals surface area contributed by atoms with Gasteiger partial charge in [0.2, 0.25) is 0 Å². The number of fused-ring (bicyclic) bond motifs is 1. The second kappa shape index (κ2) is 5.27. The molecule has 0 aliphatic heterocycles. The first-order valence-corrected chi connectivity index (χ1v) is 7.96. The maximum absolute atomic E-state index is 12.7. The predicted octanol–water partition coefficient (Wildman–Crippen LogP) is 3.07. The van der Waals surface area contributed by atoms with Crippen molar-refractivity contribution in [2.24, 2.45) is 5.41 Å². The Morgan fingerprint density at radius 2 is 1.88 bits per heavy atom. The minimum atomic E-state index is -0.430. The van der Waals surface area contributed by atoms with Crippen LogP contribution in [0.1, 0.15) is 18.4 Å². The van der Waals surface area contributed by atoms with Crippen molar-refractivity contribution in [2.45, 2.75) is 26.3 Å². The maximum Gasteiger partial charge on any atom is 0.277 e. The normalized spacial score (nSPS) is 15.2. The van der Waals surface area contributed by atoms with E-state index in [9.17, 15) is 10.1 Å². The van der Waals surface area contributed by atoms with E-state index in [1.807, 2.05) is 49.4 Å². The Hall–Kier alpha value is -3.00. The smallest absolute Gasteiger partial charge is 0.267 e. The summed E-state index contributed by atoms with van der Waals surface area (Å²) in [5.74, 6) is 0. The van der Waals surface area contributed by atoms with E-state index in [1.165, 1.54) is 10.2 Å². The predicted molar refractivity (Wildman–Crippen MR) is 91.3 cm³/mol. The second-order valence-electron chi connectivity index (χ2n) is 6.54. The standard InChI is InChI=1S/C19H16N4O/c1-13-2-4-14(5-3-13)15-6-7-17-16(10-15)18(24)23(22-21-17)12-19(11-20)8-9-19/h2-7,10H,8-9,12H2,1H3. The lowest BCUT2D eigenvalue weighted by molar-refractivity contribution is 0.451. The molecule has 3 aromatic rings. The first-order valence-electron chi connectivity index (χ1n) is 7.96. The van der Waals surface area contributed by atoms with E-state index < -0.39 is 5.41 Å². The van der Waals surface area contributed by atoms with E-state index in [0.29, 0.717) is 17.4 Å². The SMILES string of the molecule is Cc1ccc(-c2ccc3nnn(CC4(C#N)CC4)c(=O)c3c2)cc1. The van der Waals surface area contributed by atoms with Gasteiger partial charge in [0.05, 0.1) is 23.4 Å². The van der Waals surface area contributed by atoms with Gasteiger partial charge < -0.3 is 0 Å². The molecule has 0 atom stereocenters. The molecule has 5 nitrogen and oxygen atoms in total. The van der Waals surface area contributed by atoms with Gasteiger partial charge in [-0.15, -0.1) is 5.10 Å². The summed E-state index contributed by atoms with van der Waals surface area (Å²) in [6.45, 7) is 2.36. The number of nitrogens with zero attached hydrogens (tertiary/aromatic N) is 4. The molecule has 4 rings (SSSR count). The third kappa shape index (κ3) is 2.46. The van der Waals surface area contributed by atoms with Crippen LogP contribution in [0.2, 0.25) is 0 Å². The molecule has 0 amide bonds.